The zero-order valence-electron chi connectivity index (χ0n) is 15.6. The molecule has 3 aromatic heterocycles. The zero-order chi connectivity index (χ0) is 20.1. The highest BCUT2D eigenvalue weighted by molar-refractivity contribution is 5.44. The van der Waals surface area contributed by atoms with E-state index in [0.717, 1.165) is 22.4 Å². The Morgan fingerprint density at radius 1 is 0.793 bits per heavy atom. The minimum atomic E-state index is -0.206. The molecular formula is C23H18N6. The van der Waals surface area contributed by atoms with Crippen molar-refractivity contribution < 1.29 is 0 Å². The van der Waals surface area contributed by atoms with Crippen LogP contribution in [0.2, 0.25) is 0 Å². The lowest BCUT2D eigenvalue weighted by molar-refractivity contribution is 0.668. The third-order valence-corrected chi connectivity index (χ3v) is 4.81. The molecule has 0 spiro atoms. The summed E-state index contributed by atoms with van der Waals surface area (Å²) in [5, 5.41) is 9.42. The Morgan fingerprint density at radius 3 is 2.07 bits per heavy atom. The number of benzene rings is 1. The first-order chi connectivity index (χ1) is 14.3. The Bertz CT molecular complexity index is 1100. The molecule has 6 nitrogen and oxygen atoms in total. The molecule has 0 amide bonds. The molecule has 140 valence electrons. The van der Waals surface area contributed by atoms with Crippen molar-refractivity contribution in [2.45, 2.75) is 11.8 Å². The van der Waals surface area contributed by atoms with Gasteiger partial charge >= 0.3 is 0 Å². The number of anilines is 1. The molecule has 0 bridgehead atoms. The second-order valence-corrected chi connectivity index (χ2v) is 6.61. The molecule has 1 aromatic carbocycles. The van der Waals surface area contributed by atoms with Gasteiger partial charge < -0.3 is 5.73 Å². The van der Waals surface area contributed by atoms with Gasteiger partial charge in [-0.25, -0.2) is 9.97 Å². The average Bonchev–Trinajstić information content (AvgIpc) is 2.78. The Labute approximate surface area is 168 Å². The van der Waals surface area contributed by atoms with Gasteiger partial charge in [-0.15, -0.1) is 0 Å². The molecule has 0 saturated carbocycles. The van der Waals surface area contributed by atoms with Crippen molar-refractivity contribution in [1.29, 1.82) is 5.26 Å². The van der Waals surface area contributed by atoms with Crippen LogP contribution < -0.4 is 5.73 Å². The summed E-state index contributed by atoms with van der Waals surface area (Å²) in [5.74, 6) is -0.122. The summed E-state index contributed by atoms with van der Waals surface area (Å²) in [7, 11) is 0. The van der Waals surface area contributed by atoms with E-state index in [1.807, 2.05) is 60.9 Å². The number of nitrogen functional groups attached to an aromatic ring is 1. The summed E-state index contributed by atoms with van der Waals surface area (Å²) in [6.45, 7) is 0. The first-order valence-corrected chi connectivity index (χ1v) is 9.14. The maximum absolute atomic E-state index is 9.42. The highest BCUT2D eigenvalue weighted by atomic mass is 15.0. The summed E-state index contributed by atoms with van der Waals surface area (Å²) < 4.78 is 0. The number of pyridine rings is 2. The van der Waals surface area contributed by atoms with Gasteiger partial charge in [0.1, 0.15) is 0 Å². The third kappa shape index (κ3) is 3.94. The number of nitrogens with two attached hydrogens (primary N) is 1. The van der Waals surface area contributed by atoms with E-state index in [1.165, 1.54) is 0 Å². The normalized spacial score (nSPS) is 11.7. The van der Waals surface area contributed by atoms with Crippen LogP contribution >= 0.6 is 0 Å². The quantitative estimate of drug-likeness (QED) is 0.568. The van der Waals surface area contributed by atoms with Crippen molar-refractivity contribution in [3.8, 4) is 6.07 Å². The predicted octanol–water partition coefficient (Wildman–Crippen LogP) is 3.68. The maximum atomic E-state index is 9.42. The number of nitriles is 1. The van der Waals surface area contributed by atoms with E-state index in [1.54, 1.807) is 24.7 Å². The highest BCUT2D eigenvalue weighted by Gasteiger charge is 2.30. The van der Waals surface area contributed by atoms with Gasteiger partial charge in [0, 0.05) is 42.8 Å². The van der Waals surface area contributed by atoms with Gasteiger partial charge in [0.25, 0.3) is 0 Å². The largest absolute Gasteiger partial charge is 0.368 e. The van der Waals surface area contributed by atoms with Crippen molar-refractivity contribution in [2.24, 2.45) is 0 Å². The molecule has 6 heteroatoms. The second kappa shape index (κ2) is 8.28. The lowest BCUT2D eigenvalue weighted by Gasteiger charge is -2.28. The van der Waals surface area contributed by atoms with Crippen LogP contribution in [0.1, 0.15) is 39.8 Å². The molecule has 0 aliphatic heterocycles. The van der Waals surface area contributed by atoms with E-state index in [2.05, 4.69) is 26.0 Å². The fourth-order valence-corrected chi connectivity index (χ4v) is 3.59. The summed E-state index contributed by atoms with van der Waals surface area (Å²) in [6.07, 6.45) is 8.85. The third-order valence-electron chi connectivity index (χ3n) is 4.81. The predicted molar refractivity (Wildman–Crippen MR) is 110 cm³/mol. The van der Waals surface area contributed by atoms with Gasteiger partial charge in [-0.3, -0.25) is 9.97 Å². The highest BCUT2D eigenvalue weighted by Crippen LogP contribution is 2.42. The average molecular weight is 378 g/mol. The molecule has 0 aliphatic carbocycles. The molecule has 0 radical (unpaired) electrons. The van der Waals surface area contributed by atoms with Crippen molar-refractivity contribution >= 4 is 5.95 Å². The van der Waals surface area contributed by atoms with Crippen LogP contribution in [0, 0.1) is 11.3 Å². The van der Waals surface area contributed by atoms with Crippen LogP contribution in [-0.4, -0.2) is 19.9 Å². The van der Waals surface area contributed by atoms with Crippen molar-refractivity contribution in [3.63, 3.8) is 0 Å². The second-order valence-electron chi connectivity index (χ2n) is 6.61. The minimum Gasteiger partial charge on any atom is -0.368 e. The Kier molecular flexibility index (Phi) is 5.21. The van der Waals surface area contributed by atoms with E-state index in [0.29, 0.717) is 5.56 Å². The molecule has 29 heavy (non-hydrogen) atoms. The molecule has 0 aliphatic rings. The van der Waals surface area contributed by atoms with E-state index in [9.17, 15) is 5.26 Å². The zero-order valence-corrected chi connectivity index (χ0v) is 15.6. The Balaban J connectivity index is 1.97. The van der Waals surface area contributed by atoms with Gasteiger partial charge in [-0.05, 0) is 47.0 Å². The van der Waals surface area contributed by atoms with E-state index < -0.39 is 0 Å². The van der Waals surface area contributed by atoms with Crippen LogP contribution in [0.3, 0.4) is 0 Å². The number of aromatic nitrogens is 4. The van der Waals surface area contributed by atoms with E-state index >= 15 is 0 Å². The molecule has 3 heterocycles. The monoisotopic (exact) mass is 378 g/mol. The summed E-state index contributed by atoms with van der Waals surface area (Å²) in [4.78, 5) is 17.2. The number of hydrogen-bond acceptors (Lipinski definition) is 6. The molecule has 0 saturated heterocycles. The van der Waals surface area contributed by atoms with Crippen LogP contribution in [-0.2, 0) is 0 Å². The summed E-state index contributed by atoms with van der Waals surface area (Å²) in [6, 6.07) is 19.6. The molecule has 0 fully saturated rings. The Morgan fingerprint density at radius 2 is 1.48 bits per heavy atom. The maximum Gasteiger partial charge on any atom is 0.220 e. The summed E-state index contributed by atoms with van der Waals surface area (Å²) in [5.41, 5.74) is 10.3. The number of rotatable bonds is 5. The van der Waals surface area contributed by atoms with Crippen molar-refractivity contribution in [1.82, 2.24) is 19.9 Å². The molecule has 4 rings (SSSR count). The molecule has 0 unspecified atom stereocenters. The van der Waals surface area contributed by atoms with Gasteiger partial charge in [-0.1, -0.05) is 24.3 Å². The molecule has 2 N–H and O–H groups in total. The van der Waals surface area contributed by atoms with Crippen molar-refractivity contribution in [3.05, 3.63) is 114 Å². The van der Waals surface area contributed by atoms with Crippen LogP contribution in [0.15, 0.2) is 85.6 Å². The first-order valence-electron chi connectivity index (χ1n) is 9.14. The van der Waals surface area contributed by atoms with Gasteiger partial charge in [-0.2, -0.15) is 5.26 Å². The van der Waals surface area contributed by atoms with Crippen molar-refractivity contribution in [2.75, 3.05) is 5.73 Å². The number of hydrogen-bond donors (Lipinski definition) is 1. The first kappa shape index (κ1) is 18.3. The van der Waals surface area contributed by atoms with Crippen LogP contribution in [0.25, 0.3) is 0 Å². The lowest BCUT2D eigenvalue weighted by Crippen LogP contribution is -2.17. The standard InChI is InChI=1S/C23H18N6/c24-13-16-4-1-5-17(12-16)22(20-8-11-28-23(25)29-20)21(18-6-2-9-26-14-18)19-7-3-10-27-15-19/h1-12,14-15,21-22H,(H2,25,28,29)/t22-/m1/s1. The van der Waals surface area contributed by atoms with Gasteiger partial charge in [0.05, 0.1) is 17.3 Å². The molecule has 1 atom stereocenters. The van der Waals surface area contributed by atoms with E-state index in [4.69, 9.17) is 5.73 Å². The van der Waals surface area contributed by atoms with Crippen LogP contribution in [0.5, 0.6) is 0 Å². The minimum absolute atomic E-state index is 0.124. The topological polar surface area (TPSA) is 101 Å². The van der Waals surface area contributed by atoms with Gasteiger partial charge in [0.15, 0.2) is 0 Å². The summed E-state index contributed by atoms with van der Waals surface area (Å²) >= 11 is 0. The Hall–Kier alpha value is -4.11. The SMILES string of the molecule is N#Cc1cccc([C@H](c2ccnc(N)n2)C(c2cccnc2)c2cccnc2)c1. The fraction of sp³-hybridized carbons (Fsp3) is 0.0870. The number of nitrogens with zero attached hydrogens (tertiary/aromatic N) is 5. The molecular weight excluding hydrogens is 360 g/mol. The van der Waals surface area contributed by atoms with Crippen LogP contribution in [0.4, 0.5) is 5.95 Å². The fourth-order valence-electron chi connectivity index (χ4n) is 3.59. The molecule has 4 aromatic rings. The van der Waals surface area contributed by atoms with Gasteiger partial charge in [0.2, 0.25) is 5.95 Å². The smallest absolute Gasteiger partial charge is 0.220 e. The lowest BCUT2D eigenvalue weighted by atomic mass is 9.76. The van der Waals surface area contributed by atoms with E-state index in [-0.39, 0.29) is 17.8 Å².